The lowest BCUT2D eigenvalue weighted by Crippen LogP contribution is -2.57. The van der Waals surface area contributed by atoms with Gasteiger partial charge in [0.05, 0.1) is 0 Å². The van der Waals surface area contributed by atoms with Crippen LogP contribution in [0.3, 0.4) is 0 Å². The van der Waals surface area contributed by atoms with Gasteiger partial charge in [0.25, 0.3) is 0 Å². The monoisotopic (exact) mass is 281 g/mol. The molecule has 2 fully saturated rings. The average Bonchev–Trinajstić information content (AvgIpc) is 2.47. The molecule has 0 aromatic heterocycles. The summed E-state index contributed by atoms with van der Waals surface area (Å²) in [5.74, 6) is 0. The second-order valence-electron chi connectivity index (χ2n) is 6.85. The van der Waals surface area contributed by atoms with Gasteiger partial charge in [0.1, 0.15) is 0 Å². The van der Waals surface area contributed by atoms with Crippen LogP contribution in [0.5, 0.6) is 0 Å². The van der Waals surface area contributed by atoms with Gasteiger partial charge in [-0.25, -0.2) is 0 Å². The van der Waals surface area contributed by atoms with Gasteiger partial charge in [0, 0.05) is 24.7 Å². The topological polar surface area (TPSA) is 9.72 Å². The molecule has 2 aliphatic heterocycles. The molecule has 3 atom stereocenters. The van der Waals surface area contributed by atoms with E-state index in [4.69, 9.17) is 0 Å². The van der Waals surface area contributed by atoms with Crippen molar-refractivity contribution in [1.29, 1.82) is 0 Å². The van der Waals surface area contributed by atoms with Crippen molar-refractivity contribution in [3.63, 3.8) is 0 Å². The third kappa shape index (κ3) is 3.75. The Morgan fingerprint density at radius 3 is 2.25 bits per heavy atom. The summed E-state index contributed by atoms with van der Waals surface area (Å²) in [6.07, 6.45) is 8.45. The van der Waals surface area contributed by atoms with Gasteiger partial charge in [-0.05, 0) is 59.4 Å². The molecule has 0 bridgehead atoms. The van der Waals surface area contributed by atoms with Gasteiger partial charge < -0.3 is 9.80 Å². The predicted molar refractivity (Wildman–Crippen MR) is 87.2 cm³/mol. The van der Waals surface area contributed by atoms with E-state index in [-0.39, 0.29) is 0 Å². The smallest absolute Gasteiger partial charge is 0.0251 e. The first-order valence-corrected chi connectivity index (χ1v) is 8.81. The Balaban J connectivity index is 1.96. The summed E-state index contributed by atoms with van der Waals surface area (Å²) < 4.78 is 0. The van der Waals surface area contributed by atoms with E-state index in [1.807, 2.05) is 0 Å². The van der Waals surface area contributed by atoms with Crippen molar-refractivity contribution in [2.45, 2.75) is 70.5 Å². The number of hydrogen-bond donors (Lipinski definition) is 0. The molecule has 0 N–H and O–H groups in total. The highest BCUT2D eigenvalue weighted by Gasteiger charge is 2.35. The normalized spacial score (nSPS) is 33.8. The number of piperidine rings is 2. The number of likely N-dealkylation sites (tertiary alicyclic amines) is 2. The molecule has 3 unspecified atom stereocenters. The molecule has 0 aromatic rings. The van der Waals surface area contributed by atoms with E-state index in [1.54, 1.807) is 0 Å². The number of rotatable bonds is 5. The average molecular weight is 281 g/mol. The lowest BCUT2D eigenvalue weighted by Gasteiger charge is -2.48. The Labute approximate surface area is 126 Å². The van der Waals surface area contributed by atoms with Gasteiger partial charge in [-0.2, -0.15) is 0 Å². The van der Waals surface area contributed by atoms with Crippen LogP contribution in [0, 0.1) is 0 Å². The van der Waals surface area contributed by atoms with Crippen LogP contribution in [-0.4, -0.2) is 73.1 Å². The Morgan fingerprint density at radius 1 is 0.900 bits per heavy atom. The van der Waals surface area contributed by atoms with E-state index in [1.165, 1.54) is 64.7 Å². The zero-order valence-electron chi connectivity index (χ0n) is 14.1. The van der Waals surface area contributed by atoms with Crippen molar-refractivity contribution in [2.24, 2.45) is 0 Å². The quantitative estimate of drug-likeness (QED) is 0.767. The molecule has 0 saturated carbocycles. The third-order valence-corrected chi connectivity index (χ3v) is 5.77. The van der Waals surface area contributed by atoms with Gasteiger partial charge in [0.15, 0.2) is 0 Å². The molecule has 0 spiro atoms. The highest BCUT2D eigenvalue weighted by atomic mass is 15.3. The molecule has 0 amide bonds. The van der Waals surface area contributed by atoms with Gasteiger partial charge in [-0.3, -0.25) is 4.90 Å². The van der Waals surface area contributed by atoms with Crippen LogP contribution in [0.15, 0.2) is 0 Å². The summed E-state index contributed by atoms with van der Waals surface area (Å²) >= 11 is 0. The lowest BCUT2D eigenvalue weighted by atomic mass is 9.86. The maximum absolute atomic E-state index is 2.73. The first kappa shape index (κ1) is 16.3. The second kappa shape index (κ2) is 7.77. The Bertz CT molecular complexity index is 277. The zero-order valence-corrected chi connectivity index (χ0v) is 14.1. The molecular formula is C17H35N3. The summed E-state index contributed by atoms with van der Waals surface area (Å²) in [5.41, 5.74) is 0. The van der Waals surface area contributed by atoms with Crippen LogP contribution in [-0.2, 0) is 0 Å². The van der Waals surface area contributed by atoms with E-state index in [9.17, 15) is 0 Å². The van der Waals surface area contributed by atoms with E-state index in [0.717, 1.165) is 18.1 Å². The zero-order chi connectivity index (χ0) is 14.5. The minimum absolute atomic E-state index is 0.768. The maximum Gasteiger partial charge on any atom is 0.0251 e. The first-order chi connectivity index (χ1) is 9.67. The van der Waals surface area contributed by atoms with Crippen LogP contribution in [0.1, 0.15) is 52.4 Å². The molecule has 0 aliphatic carbocycles. The lowest BCUT2D eigenvalue weighted by molar-refractivity contribution is 0.0177. The first-order valence-electron chi connectivity index (χ1n) is 8.81. The Hall–Kier alpha value is -0.120. The number of nitrogens with zero attached hydrogens (tertiary/aromatic N) is 3. The summed E-state index contributed by atoms with van der Waals surface area (Å²) in [7, 11) is 4.73. The van der Waals surface area contributed by atoms with E-state index in [0.29, 0.717) is 0 Å². The Kier molecular flexibility index (Phi) is 6.31. The van der Waals surface area contributed by atoms with Crippen molar-refractivity contribution in [1.82, 2.24) is 14.7 Å². The number of likely N-dealkylation sites (N-methyl/N-ethyl adjacent to an activating group) is 3. The minimum Gasteiger partial charge on any atom is -0.302 e. The molecule has 2 heterocycles. The molecule has 0 radical (unpaired) electrons. The maximum atomic E-state index is 2.73. The molecule has 2 aliphatic rings. The van der Waals surface area contributed by atoms with Crippen molar-refractivity contribution in [2.75, 3.05) is 40.3 Å². The molecule has 118 valence electrons. The van der Waals surface area contributed by atoms with Crippen molar-refractivity contribution >= 4 is 0 Å². The van der Waals surface area contributed by atoms with Crippen molar-refractivity contribution in [3.8, 4) is 0 Å². The standard InChI is InChI=1S/C17H35N3/c1-5-20(6-2)14-15-10-9-12-17(19(15)4)16-11-7-8-13-18(16)3/h15-17H,5-14H2,1-4H3. The van der Waals surface area contributed by atoms with Gasteiger partial charge >= 0.3 is 0 Å². The molecule has 3 nitrogen and oxygen atoms in total. The molecule has 3 heteroatoms. The molecule has 2 saturated heterocycles. The largest absolute Gasteiger partial charge is 0.302 e. The molecule has 20 heavy (non-hydrogen) atoms. The van der Waals surface area contributed by atoms with Crippen LogP contribution < -0.4 is 0 Å². The molecule has 0 aromatic carbocycles. The molecule has 2 rings (SSSR count). The fourth-order valence-electron chi connectivity index (χ4n) is 4.29. The van der Waals surface area contributed by atoms with Gasteiger partial charge in [-0.15, -0.1) is 0 Å². The minimum atomic E-state index is 0.768. The van der Waals surface area contributed by atoms with Crippen LogP contribution >= 0.6 is 0 Å². The predicted octanol–water partition coefficient (Wildman–Crippen LogP) is 2.67. The van der Waals surface area contributed by atoms with Crippen molar-refractivity contribution in [3.05, 3.63) is 0 Å². The number of hydrogen-bond acceptors (Lipinski definition) is 3. The summed E-state index contributed by atoms with van der Waals surface area (Å²) in [4.78, 5) is 7.95. The summed E-state index contributed by atoms with van der Waals surface area (Å²) in [6.45, 7) is 9.52. The van der Waals surface area contributed by atoms with Crippen LogP contribution in [0.2, 0.25) is 0 Å². The fourth-order valence-corrected chi connectivity index (χ4v) is 4.29. The van der Waals surface area contributed by atoms with Crippen molar-refractivity contribution < 1.29 is 0 Å². The van der Waals surface area contributed by atoms with E-state index in [2.05, 4.69) is 42.6 Å². The molecular weight excluding hydrogens is 246 g/mol. The van der Waals surface area contributed by atoms with E-state index >= 15 is 0 Å². The SMILES string of the molecule is CCN(CC)CC1CCCC(C2CCCCN2C)N1C. The van der Waals surface area contributed by atoms with Gasteiger partial charge in [-0.1, -0.05) is 26.7 Å². The van der Waals surface area contributed by atoms with Crippen LogP contribution in [0.4, 0.5) is 0 Å². The summed E-state index contributed by atoms with van der Waals surface area (Å²) in [5, 5.41) is 0. The van der Waals surface area contributed by atoms with Gasteiger partial charge in [0.2, 0.25) is 0 Å². The Morgan fingerprint density at radius 2 is 1.60 bits per heavy atom. The third-order valence-electron chi connectivity index (χ3n) is 5.77. The van der Waals surface area contributed by atoms with E-state index < -0.39 is 0 Å². The summed E-state index contributed by atoms with van der Waals surface area (Å²) in [6, 6.07) is 2.35. The highest BCUT2D eigenvalue weighted by Crippen LogP contribution is 2.30. The highest BCUT2D eigenvalue weighted by molar-refractivity contribution is 4.93. The van der Waals surface area contributed by atoms with Crippen LogP contribution in [0.25, 0.3) is 0 Å². The fraction of sp³-hybridized carbons (Fsp3) is 1.00. The second-order valence-corrected chi connectivity index (χ2v) is 6.85.